The van der Waals surface area contributed by atoms with E-state index >= 15 is 0 Å². The van der Waals surface area contributed by atoms with Crippen molar-refractivity contribution in [2.24, 2.45) is 0 Å². The Hall–Kier alpha value is -1.25. The number of imide groups is 1. The first kappa shape index (κ1) is 10.3. The van der Waals surface area contributed by atoms with Crippen molar-refractivity contribution >= 4 is 21.1 Å². The number of fused-ring (bicyclic) bond motifs is 1. The molecule has 0 radical (unpaired) electrons. The lowest BCUT2D eigenvalue weighted by Crippen LogP contribution is -2.38. The summed E-state index contributed by atoms with van der Waals surface area (Å²) < 4.78 is 0. The van der Waals surface area contributed by atoms with Crippen LogP contribution in [-0.2, 0) is 0 Å². The normalized spacial score (nSPS) is 16.8. The summed E-state index contributed by atoms with van der Waals surface area (Å²) in [7, 11) is 2.28. The fourth-order valence-corrected chi connectivity index (χ4v) is 1.86. The van der Waals surface area contributed by atoms with Crippen molar-refractivity contribution in [2.45, 2.75) is 5.78 Å². The van der Waals surface area contributed by atoms with Gasteiger partial charge in [-0.1, -0.05) is 12.1 Å². The summed E-state index contributed by atoms with van der Waals surface area (Å²) in [5.74, 6) is -1.24. The highest BCUT2D eigenvalue weighted by Gasteiger charge is 2.37. The highest BCUT2D eigenvalue weighted by atomic mass is 31.0. The molecule has 2 unspecified atom stereocenters. The number of hydrogen-bond acceptors (Lipinski definition) is 3. The van der Waals surface area contributed by atoms with E-state index in [4.69, 9.17) is 5.11 Å². The van der Waals surface area contributed by atoms with Crippen molar-refractivity contribution in [3.8, 4) is 0 Å². The van der Waals surface area contributed by atoms with Crippen LogP contribution in [0.3, 0.4) is 0 Å². The van der Waals surface area contributed by atoms with Gasteiger partial charge in [0.1, 0.15) is 0 Å². The molecule has 2 amide bonds. The Balaban J connectivity index is 2.45. The Labute approximate surface area is 89.1 Å². The molecule has 0 fully saturated rings. The molecule has 2 rings (SSSR count). The van der Waals surface area contributed by atoms with Gasteiger partial charge in [0.15, 0.2) is 0 Å². The first-order chi connectivity index (χ1) is 7.16. The van der Waals surface area contributed by atoms with Crippen molar-refractivity contribution in [3.63, 3.8) is 0 Å². The molecule has 78 valence electrons. The van der Waals surface area contributed by atoms with Gasteiger partial charge in [0.05, 0.1) is 23.5 Å². The van der Waals surface area contributed by atoms with Gasteiger partial charge in [-0.15, -0.1) is 9.24 Å². The number of nitrogens with zero attached hydrogens (tertiary/aromatic N) is 1. The Morgan fingerprint density at radius 3 is 2.07 bits per heavy atom. The molecular formula is C10H10NO3P. The van der Waals surface area contributed by atoms with E-state index in [1.807, 2.05) is 0 Å². The van der Waals surface area contributed by atoms with Crippen LogP contribution in [0.15, 0.2) is 24.3 Å². The zero-order valence-electron chi connectivity index (χ0n) is 7.88. The fourth-order valence-electron chi connectivity index (χ4n) is 1.59. The van der Waals surface area contributed by atoms with Gasteiger partial charge in [-0.3, -0.25) is 14.5 Å². The standard InChI is InChI=1S/C10H10NO3P/c12-5-8(15)11-9(13)6-3-1-2-4-7(6)10(11)14/h1-4,8,12H,5,15H2. The second-order valence-corrected chi connectivity index (χ2v) is 4.05. The first-order valence-electron chi connectivity index (χ1n) is 4.50. The number of hydrogen-bond donors (Lipinski definition) is 1. The van der Waals surface area contributed by atoms with Gasteiger partial charge >= 0.3 is 0 Å². The van der Waals surface area contributed by atoms with Crippen LogP contribution in [0.1, 0.15) is 20.7 Å². The maximum absolute atomic E-state index is 11.8. The van der Waals surface area contributed by atoms with E-state index in [0.29, 0.717) is 11.1 Å². The maximum atomic E-state index is 11.8. The van der Waals surface area contributed by atoms with Crippen LogP contribution < -0.4 is 0 Å². The molecule has 0 saturated heterocycles. The van der Waals surface area contributed by atoms with Crippen molar-refractivity contribution < 1.29 is 14.7 Å². The molecule has 1 N–H and O–H groups in total. The summed E-state index contributed by atoms with van der Waals surface area (Å²) in [6.45, 7) is -0.254. The van der Waals surface area contributed by atoms with Crippen LogP contribution in [0.2, 0.25) is 0 Å². The Morgan fingerprint density at radius 2 is 1.67 bits per heavy atom. The van der Waals surface area contributed by atoms with Gasteiger partial charge in [0, 0.05) is 0 Å². The second-order valence-electron chi connectivity index (χ2n) is 3.28. The summed E-state index contributed by atoms with van der Waals surface area (Å²) in [6.07, 6.45) is 0. The monoisotopic (exact) mass is 223 g/mol. The SMILES string of the molecule is O=C1c2ccccc2C(=O)N1C(P)CO. The number of amides is 2. The zero-order chi connectivity index (χ0) is 11.0. The van der Waals surface area contributed by atoms with Gasteiger partial charge in [-0.25, -0.2) is 0 Å². The molecule has 2 atom stereocenters. The molecule has 0 spiro atoms. The third-order valence-electron chi connectivity index (χ3n) is 2.34. The van der Waals surface area contributed by atoms with E-state index in [2.05, 4.69) is 9.24 Å². The molecule has 0 aliphatic carbocycles. The largest absolute Gasteiger partial charge is 0.394 e. The number of rotatable bonds is 2. The number of carbonyl (C=O) groups is 2. The van der Waals surface area contributed by atoms with E-state index < -0.39 is 5.78 Å². The molecule has 5 heteroatoms. The minimum atomic E-state index is -0.558. The molecule has 0 saturated carbocycles. The van der Waals surface area contributed by atoms with Crippen molar-refractivity contribution in [1.82, 2.24) is 4.90 Å². The molecule has 1 aromatic carbocycles. The summed E-state index contributed by atoms with van der Waals surface area (Å²) in [4.78, 5) is 24.6. The Kier molecular flexibility index (Phi) is 2.55. The lowest BCUT2D eigenvalue weighted by atomic mass is 10.1. The van der Waals surface area contributed by atoms with Gasteiger partial charge in [-0.2, -0.15) is 0 Å². The molecule has 0 aromatic heterocycles. The van der Waals surface area contributed by atoms with Crippen LogP contribution in [0.5, 0.6) is 0 Å². The Bertz CT molecular complexity index is 397. The fraction of sp³-hybridized carbons (Fsp3) is 0.200. The summed E-state index contributed by atoms with van der Waals surface area (Å²) >= 11 is 0. The average molecular weight is 223 g/mol. The minimum absolute atomic E-state index is 0.254. The molecule has 4 nitrogen and oxygen atoms in total. The first-order valence-corrected chi connectivity index (χ1v) is 5.17. The minimum Gasteiger partial charge on any atom is -0.394 e. The maximum Gasteiger partial charge on any atom is 0.262 e. The third-order valence-corrected chi connectivity index (χ3v) is 2.85. The van der Waals surface area contributed by atoms with Crippen molar-refractivity contribution in [1.29, 1.82) is 0 Å². The lowest BCUT2D eigenvalue weighted by molar-refractivity contribution is 0.0597. The molecular weight excluding hydrogens is 213 g/mol. The molecule has 1 heterocycles. The Morgan fingerprint density at radius 1 is 1.20 bits per heavy atom. The highest BCUT2D eigenvalue weighted by molar-refractivity contribution is 7.17. The van der Waals surface area contributed by atoms with Gasteiger partial charge in [-0.05, 0) is 12.1 Å². The number of carbonyl (C=O) groups excluding carboxylic acids is 2. The van der Waals surface area contributed by atoms with E-state index in [0.717, 1.165) is 4.90 Å². The van der Waals surface area contributed by atoms with Gasteiger partial charge < -0.3 is 5.11 Å². The highest BCUT2D eigenvalue weighted by Crippen LogP contribution is 2.25. The number of aliphatic hydroxyl groups is 1. The summed E-state index contributed by atoms with van der Waals surface area (Å²) in [5, 5.41) is 8.94. The number of aliphatic hydroxyl groups excluding tert-OH is 1. The predicted octanol–water partition coefficient (Wildman–Crippen LogP) is 0.476. The number of benzene rings is 1. The molecule has 15 heavy (non-hydrogen) atoms. The van der Waals surface area contributed by atoms with Crippen LogP contribution in [0.25, 0.3) is 0 Å². The second kappa shape index (κ2) is 3.72. The average Bonchev–Trinajstić information content (AvgIpc) is 2.52. The van der Waals surface area contributed by atoms with E-state index in [1.54, 1.807) is 24.3 Å². The van der Waals surface area contributed by atoms with Crippen molar-refractivity contribution in [3.05, 3.63) is 35.4 Å². The molecule has 1 aliphatic heterocycles. The topological polar surface area (TPSA) is 57.6 Å². The van der Waals surface area contributed by atoms with Crippen molar-refractivity contribution in [2.75, 3.05) is 6.61 Å². The molecule has 1 aromatic rings. The molecule has 1 aliphatic rings. The van der Waals surface area contributed by atoms with Crippen LogP contribution in [0.4, 0.5) is 0 Å². The van der Waals surface area contributed by atoms with E-state index in [9.17, 15) is 9.59 Å². The van der Waals surface area contributed by atoms with Crippen LogP contribution in [0, 0.1) is 0 Å². The quantitative estimate of drug-likeness (QED) is 0.586. The smallest absolute Gasteiger partial charge is 0.262 e. The molecule has 0 bridgehead atoms. The predicted molar refractivity (Wildman–Crippen MR) is 57.5 cm³/mol. The van der Waals surface area contributed by atoms with Crippen LogP contribution >= 0.6 is 9.24 Å². The van der Waals surface area contributed by atoms with E-state index in [1.165, 1.54) is 0 Å². The van der Waals surface area contributed by atoms with Crippen LogP contribution in [-0.4, -0.2) is 34.2 Å². The third kappa shape index (κ3) is 1.46. The summed E-state index contributed by atoms with van der Waals surface area (Å²) in [6, 6.07) is 6.66. The summed E-state index contributed by atoms with van der Waals surface area (Å²) in [5.41, 5.74) is 0.812. The zero-order valence-corrected chi connectivity index (χ0v) is 9.04. The lowest BCUT2D eigenvalue weighted by Gasteiger charge is -2.19. The van der Waals surface area contributed by atoms with E-state index in [-0.39, 0.29) is 18.4 Å². The van der Waals surface area contributed by atoms with Gasteiger partial charge in [0.2, 0.25) is 0 Å². The van der Waals surface area contributed by atoms with Gasteiger partial charge in [0.25, 0.3) is 11.8 Å².